The molecule has 0 saturated carbocycles. The van der Waals surface area contributed by atoms with Gasteiger partial charge in [-0.05, 0) is 37.3 Å². The first-order valence-corrected chi connectivity index (χ1v) is 10.7. The van der Waals surface area contributed by atoms with Crippen molar-refractivity contribution in [1.29, 1.82) is 0 Å². The number of aryl methyl sites for hydroxylation is 1. The van der Waals surface area contributed by atoms with Gasteiger partial charge in [-0.15, -0.1) is 11.3 Å². The molecule has 1 unspecified atom stereocenters. The second-order valence-electron chi connectivity index (χ2n) is 7.27. The molecule has 2 aromatic heterocycles. The van der Waals surface area contributed by atoms with E-state index in [1.165, 1.54) is 11.3 Å². The lowest BCUT2D eigenvalue weighted by atomic mass is 10.1. The fraction of sp³-hybridized carbons (Fsp3) is 0.174. The van der Waals surface area contributed by atoms with Gasteiger partial charge in [0.2, 0.25) is 0 Å². The zero-order valence-corrected chi connectivity index (χ0v) is 17.8. The normalized spacial score (nSPS) is 15.4. The molecule has 2 amide bonds. The van der Waals surface area contributed by atoms with Gasteiger partial charge in [-0.2, -0.15) is 5.10 Å². The highest BCUT2D eigenvalue weighted by Gasteiger charge is 2.34. The number of rotatable bonds is 3. The van der Waals surface area contributed by atoms with Gasteiger partial charge < -0.3 is 10.1 Å². The number of hydrogen-bond acceptors (Lipinski definition) is 5. The third-order valence-electron chi connectivity index (χ3n) is 5.31. The zero-order chi connectivity index (χ0) is 21.5. The number of fused-ring (bicyclic) bond motifs is 2. The molecule has 156 valence electrons. The number of hydrogen-bond donors (Lipinski definition) is 1. The predicted octanol–water partition coefficient (Wildman–Crippen LogP) is 3.55. The summed E-state index contributed by atoms with van der Waals surface area (Å²) in [5.74, 6) is 0.0903. The molecule has 1 N–H and O–H groups in total. The number of anilines is 1. The number of carbonyl (C=O) groups is 2. The molecule has 0 bridgehead atoms. The molecule has 2 aromatic carbocycles. The number of para-hydroxylation sites is 3. The summed E-state index contributed by atoms with van der Waals surface area (Å²) in [5, 5.41) is 8.19. The van der Waals surface area contributed by atoms with E-state index in [0.29, 0.717) is 16.3 Å². The van der Waals surface area contributed by atoms with Crippen LogP contribution in [0.5, 0.6) is 5.75 Å². The number of benzene rings is 2. The van der Waals surface area contributed by atoms with Crippen LogP contribution in [0.2, 0.25) is 0 Å². The summed E-state index contributed by atoms with van der Waals surface area (Å²) < 4.78 is 7.69. The van der Waals surface area contributed by atoms with Gasteiger partial charge in [0.15, 0.2) is 6.10 Å². The fourth-order valence-electron chi connectivity index (χ4n) is 3.75. The molecule has 0 spiro atoms. The number of carbonyl (C=O) groups excluding carboxylic acids is 2. The summed E-state index contributed by atoms with van der Waals surface area (Å²) in [7, 11) is 1.56. The zero-order valence-electron chi connectivity index (χ0n) is 17.0. The first kappa shape index (κ1) is 19.3. The van der Waals surface area contributed by atoms with Crippen molar-refractivity contribution in [2.75, 3.05) is 18.5 Å². The quantitative estimate of drug-likeness (QED) is 0.537. The van der Waals surface area contributed by atoms with Gasteiger partial charge in [-0.1, -0.05) is 30.3 Å². The van der Waals surface area contributed by atoms with Crippen LogP contribution in [0.3, 0.4) is 0 Å². The Morgan fingerprint density at radius 1 is 1.13 bits per heavy atom. The molecule has 5 rings (SSSR count). The van der Waals surface area contributed by atoms with Crippen molar-refractivity contribution in [3.63, 3.8) is 0 Å². The maximum atomic E-state index is 13.6. The number of likely N-dealkylation sites (N-methyl/N-ethyl adjacent to an activating group) is 1. The highest BCUT2D eigenvalue weighted by molar-refractivity contribution is 7.20. The molecule has 0 aliphatic carbocycles. The lowest BCUT2D eigenvalue weighted by molar-refractivity contribution is -0.127. The van der Waals surface area contributed by atoms with Gasteiger partial charge in [-0.25, -0.2) is 4.68 Å². The van der Waals surface area contributed by atoms with Gasteiger partial charge in [0, 0.05) is 12.4 Å². The Bertz CT molecular complexity index is 1290. The Kier molecular flexibility index (Phi) is 4.71. The van der Waals surface area contributed by atoms with Crippen molar-refractivity contribution in [3.8, 4) is 11.4 Å². The molecule has 0 saturated heterocycles. The molecule has 31 heavy (non-hydrogen) atoms. The van der Waals surface area contributed by atoms with E-state index in [2.05, 4.69) is 10.4 Å². The molecular formula is C23H20N4O3S. The monoisotopic (exact) mass is 432 g/mol. The minimum Gasteiger partial charge on any atom is -0.477 e. The van der Waals surface area contributed by atoms with Gasteiger partial charge in [-0.3, -0.25) is 14.5 Å². The van der Waals surface area contributed by atoms with E-state index in [9.17, 15) is 9.59 Å². The van der Waals surface area contributed by atoms with E-state index in [1.54, 1.807) is 18.0 Å². The summed E-state index contributed by atoms with van der Waals surface area (Å²) in [6, 6.07) is 19.0. The van der Waals surface area contributed by atoms with E-state index in [-0.39, 0.29) is 18.4 Å². The molecule has 3 heterocycles. The first-order chi connectivity index (χ1) is 15.1. The summed E-state index contributed by atoms with van der Waals surface area (Å²) in [6.45, 7) is 2.09. The molecule has 0 fully saturated rings. The lowest BCUT2D eigenvalue weighted by Crippen LogP contribution is -2.50. The van der Waals surface area contributed by atoms with Gasteiger partial charge in [0.05, 0.1) is 28.5 Å². The SMILES string of the molecule is CNC(=O)C1CN(C(=O)c2cc3c(C)nn(-c4ccccc4)c3s2)c2ccccc2O1. The average Bonchev–Trinajstić information content (AvgIpc) is 3.38. The van der Waals surface area contributed by atoms with Crippen molar-refractivity contribution < 1.29 is 14.3 Å². The van der Waals surface area contributed by atoms with Gasteiger partial charge in [0.1, 0.15) is 10.6 Å². The molecule has 7 nitrogen and oxygen atoms in total. The fourth-order valence-corrected chi connectivity index (χ4v) is 4.89. The topological polar surface area (TPSA) is 76.5 Å². The third-order valence-corrected chi connectivity index (χ3v) is 6.41. The third kappa shape index (κ3) is 3.25. The smallest absolute Gasteiger partial charge is 0.268 e. The summed E-state index contributed by atoms with van der Waals surface area (Å²) in [5.41, 5.74) is 2.46. The van der Waals surface area contributed by atoms with Crippen LogP contribution in [0.15, 0.2) is 60.7 Å². The maximum absolute atomic E-state index is 13.6. The van der Waals surface area contributed by atoms with E-state index in [4.69, 9.17) is 4.74 Å². The highest BCUT2D eigenvalue weighted by Crippen LogP contribution is 2.37. The van der Waals surface area contributed by atoms with Crippen molar-refractivity contribution in [2.45, 2.75) is 13.0 Å². The van der Waals surface area contributed by atoms with Crippen LogP contribution in [0.25, 0.3) is 15.9 Å². The molecular weight excluding hydrogens is 412 g/mol. The Morgan fingerprint density at radius 3 is 2.65 bits per heavy atom. The molecule has 1 aliphatic rings. The molecule has 4 aromatic rings. The minimum absolute atomic E-state index is 0.146. The van der Waals surface area contributed by atoms with Crippen molar-refractivity contribution >= 4 is 39.1 Å². The van der Waals surface area contributed by atoms with Crippen LogP contribution in [-0.2, 0) is 4.79 Å². The van der Waals surface area contributed by atoms with E-state index < -0.39 is 6.10 Å². The van der Waals surface area contributed by atoms with Crippen LogP contribution < -0.4 is 15.0 Å². The number of thiophene rings is 1. The largest absolute Gasteiger partial charge is 0.477 e. The lowest BCUT2D eigenvalue weighted by Gasteiger charge is -2.33. The minimum atomic E-state index is -0.764. The number of nitrogens with zero attached hydrogens (tertiary/aromatic N) is 3. The predicted molar refractivity (Wildman–Crippen MR) is 120 cm³/mol. The van der Waals surface area contributed by atoms with Crippen LogP contribution >= 0.6 is 11.3 Å². The number of nitrogens with one attached hydrogen (secondary N) is 1. The maximum Gasteiger partial charge on any atom is 0.268 e. The van der Waals surface area contributed by atoms with Crippen LogP contribution in [0.1, 0.15) is 15.4 Å². The molecule has 1 atom stereocenters. The number of aromatic nitrogens is 2. The van der Waals surface area contributed by atoms with Gasteiger partial charge >= 0.3 is 0 Å². The molecule has 0 radical (unpaired) electrons. The Balaban J connectivity index is 1.56. The van der Waals surface area contributed by atoms with Gasteiger partial charge in [0.25, 0.3) is 11.8 Å². The standard InChI is InChI=1S/C23H20N4O3S/c1-14-16-12-20(31-23(16)27(25-14)15-8-4-3-5-9-15)22(29)26-13-19(21(28)24-2)30-18-11-7-6-10-17(18)26/h3-12,19H,13H2,1-2H3,(H,24,28). The second-order valence-corrected chi connectivity index (χ2v) is 8.30. The van der Waals surface area contributed by atoms with Crippen LogP contribution in [-0.4, -0.2) is 41.3 Å². The Hall–Kier alpha value is -3.65. The summed E-state index contributed by atoms with van der Waals surface area (Å²) >= 11 is 1.40. The van der Waals surface area contributed by atoms with E-state index >= 15 is 0 Å². The van der Waals surface area contributed by atoms with E-state index in [1.807, 2.05) is 66.2 Å². The van der Waals surface area contributed by atoms with Crippen molar-refractivity contribution in [2.24, 2.45) is 0 Å². The Morgan fingerprint density at radius 2 is 1.87 bits per heavy atom. The van der Waals surface area contributed by atoms with E-state index in [0.717, 1.165) is 21.6 Å². The van der Waals surface area contributed by atoms with Crippen molar-refractivity contribution in [3.05, 3.63) is 71.2 Å². The van der Waals surface area contributed by atoms with Crippen LogP contribution in [0.4, 0.5) is 5.69 Å². The number of ether oxygens (including phenoxy) is 1. The average molecular weight is 433 g/mol. The molecule has 1 aliphatic heterocycles. The van der Waals surface area contributed by atoms with Crippen LogP contribution in [0, 0.1) is 6.92 Å². The summed E-state index contributed by atoms with van der Waals surface area (Å²) in [4.78, 5) is 28.9. The number of amides is 2. The second kappa shape index (κ2) is 7.55. The summed E-state index contributed by atoms with van der Waals surface area (Å²) in [6.07, 6.45) is -0.764. The van der Waals surface area contributed by atoms with Crippen molar-refractivity contribution in [1.82, 2.24) is 15.1 Å². The first-order valence-electron chi connectivity index (χ1n) is 9.90. The Labute approximate surface area is 182 Å². The molecule has 8 heteroatoms. The highest BCUT2D eigenvalue weighted by atomic mass is 32.1.